The quantitative estimate of drug-likeness (QED) is 0.255. The number of rotatable bonds is 10. The molecule has 0 bridgehead atoms. The van der Waals surface area contributed by atoms with Crippen LogP contribution in [0.2, 0.25) is 0 Å². The SMILES string of the molecule is CCOCCCNC(=NC)NCCN(CC)C(C)C.I. The number of aliphatic imine (C=N–C) groups is 1. The first-order valence-corrected chi connectivity index (χ1v) is 7.41. The van der Waals surface area contributed by atoms with Crippen molar-refractivity contribution in [2.45, 2.75) is 40.2 Å². The largest absolute Gasteiger partial charge is 0.382 e. The zero-order valence-electron chi connectivity index (χ0n) is 13.7. The van der Waals surface area contributed by atoms with Gasteiger partial charge in [-0.1, -0.05) is 6.92 Å². The Morgan fingerprint density at radius 3 is 2.35 bits per heavy atom. The molecule has 20 heavy (non-hydrogen) atoms. The molecule has 2 N–H and O–H groups in total. The van der Waals surface area contributed by atoms with Crippen LogP contribution in [0.5, 0.6) is 0 Å². The lowest BCUT2D eigenvalue weighted by Crippen LogP contribution is -2.43. The Morgan fingerprint density at radius 1 is 1.20 bits per heavy atom. The highest BCUT2D eigenvalue weighted by molar-refractivity contribution is 14.0. The molecule has 0 spiro atoms. The van der Waals surface area contributed by atoms with Crippen molar-refractivity contribution >= 4 is 29.9 Å². The molecule has 0 heterocycles. The van der Waals surface area contributed by atoms with Crippen LogP contribution in [0.3, 0.4) is 0 Å². The van der Waals surface area contributed by atoms with Gasteiger partial charge in [-0.2, -0.15) is 0 Å². The van der Waals surface area contributed by atoms with Crippen molar-refractivity contribution in [3.63, 3.8) is 0 Å². The topological polar surface area (TPSA) is 48.9 Å². The number of nitrogens with zero attached hydrogens (tertiary/aromatic N) is 2. The van der Waals surface area contributed by atoms with Crippen LogP contribution in [-0.2, 0) is 4.74 Å². The fourth-order valence-corrected chi connectivity index (χ4v) is 1.85. The van der Waals surface area contributed by atoms with Crippen LogP contribution in [0.1, 0.15) is 34.1 Å². The van der Waals surface area contributed by atoms with Crippen LogP contribution >= 0.6 is 24.0 Å². The predicted molar refractivity (Wildman–Crippen MR) is 98.3 cm³/mol. The van der Waals surface area contributed by atoms with Crippen molar-refractivity contribution in [1.29, 1.82) is 0 Å². The van der Waals surface area contributed by atoms with Gasteiger partial charge in [-0.3, -0.25) is 9.89 Å². The van der Waals surface area contributed by atoms with Gasteiger partial charge in [0.1, 0.15) is 0 Å². The summed E-state index contributed by atoms with van der Waals surface area (Å²) in [6.07, 6.45) is 1.00. The molecule has 0 aliphatic heterocycles. The van der Waals surface area contributed by atoms with Crippen LogP contribution in [0, 0.1) is 0 Å². The average Bonchev–Trinajstić information content (AvgIpc) is 2.40. The van der Waals surface area contributed by atoms with E-state index in [1.54, 1.807) is 7.05 Å². The van der Waals surface area contributed by atoms with E-state index in [1.807, 2.05) is 6.92 Å². The van der Waals surface area contributed by atoms with Gasteiger partial charge >= 0.3 is 0 Å². The average molecular weight is 400 g/mol. The summed E-state index contributed by atoms with van der Waals surface area (Å²) in [4.78, 5) is 6.63. The maximum Gasteiger partial charge on any atom is 0.191 e. The monoisotopic (exact) mass is 400 g/mol. The Kier molecular flexibility index (Phi) is 17.0. The van der Waals surface area contributed by atoms with E-state index >= 15 is 0 Å². The molecule has 6 heteroatoms. The van der Waals surface area contributed by atoms with Gasteiger partial charge in [0.15, 0.2) is 5.96 Å². The van der Waals surface area contributed by atoms with Crippen molar-refractivity contribution in [3.8, 4) is 0 Å². The molecule has 0 amide bonds. The molecule has 0 rings (SSSR count). The van der Waals surface area contributed by atoms with Crippen LogP contribution in [0.25, 0.3) is 0 Å². The Morgan fingerprint density at radius 2 is 1.85 bits per heavy atom. The number of nitrogens with one attached hydrogen (secondary N) is 2. The minimum Gasteiger partial charge on any atom is -0.382 e. The highest BCUT2D eigenvalue weighted by Gasteiger charge is 2.06. The second kappa shape index (κ2) is 15.3. The summed E-state index contributed by atoms with van der Waals surface area (Å²) in [6, 6.07) is 0.591. The van der Waals surface area contributed by atoms with E-state index in [4.69, 9.17) is 4.74 Å². The van der Waals surface area contributed by atoms with E-state index < -0.39 is 0 Å². The third kappa shape index (κ3) is 11.7. The van der Waals surface area contributed by atoms with Crippen LogP contribution < -0.4 is 10.6 Å². The highest BCUT2D eigenvalue weighted by Crippen LogP contribution is 1.95. The zero-order valence-corrected chi connectivity index (χ0v) is 16.1. The first-order chi connectivity index (χ1) is 9.15. The third-order valence-electron chi connectivity index (χ3n) is 3.01. The van der Waals surface area contributed by atoms with Crippen molar-refractivity contribution in [1.82, 2.24) is 15.5 Å². The van der Waals surface area contributed by atoms with Gasteiger partial charge in [0.25, 0.3) is 0 Å². The number of ether oxygens (including phenoxy) is 1. The lowest BCUT2D eigenvalue weighted by atomic mass is 10.3. The lowest BCUT2D eigenvalue weighted by molar-refractivity contribution is 0.145. The molecule has 5 nitrogen and oxygen atoms in total. The number of halogens is 1. The summed E-state index contributed by atoms with van der Waals surface area (Å²) in [6.45, 7) is 14.2. The molecule has 0 unspecified atom stereocenters. The Hall–Kier alpha value is -0.0800. The molecule has 0 aliphatic rings. The van der Waals surface area contributed by atoms with Crippen LogP contribution in [0.15, 0.2) is 4.99 Å². The van der Waals surface area contributed by atoms with E-state index in [-0.39, 0.29) is 24.0 Å². The molecule has 0 aromatic heterocycles. The van der Waals surface area contributed by atoms with E-state index in [2.05, 4.69) is 41.3 Å². The molecular formula is C14H33IN4O. The first kappa shape index (κ1) is 22.2. The molecule has 0 aliphatic carbocycles. The summed E-state index contributed by atoms with van der Waals surface area (Å²) in [5.41, 5.74) is 0. The Bertz CT molecular complexity index is 237. The number of hydrogen-bond acceptors (Lipinski definition) is 3. The number of guanidine groups is 1. The minimum absolute atomic E-state index is 0. The molecule has 0 fully saturated rings. The van der Waals surface area contributed by atoms with Crippen LogP contribution in [-0.4, -0.2) is 63.3 Å². The standard InChI is InChI=1S/C14H32N4O.HI/c1-6-18(13(3)4)11-10-17-14(15-5)16-9-8-12-19-7-2;/h13H,6-12H2,1-5H3,(H2,15,16,17);1H. The molecule has 122 valence electrons. The van der Waals surface area contributed by atoms with Gasteiger partial charge in [0, 0.05) is 45.9 Å². The smallest absolute Gasteiger partial charge is 0.191 e. The minimum atomic E-state index is 0. The van der Waals surface area contributed by atoms with Crippen molar-refractivity contribution in [3.05, 3.63) is 0 Å². The fraction of sp³-hybridized carbons (Fsp3) is 0.929. The molecule has 0 aromatic rings. The first-order valence-electron chi connectivity index (χ1n) is 7.41. The lowest BCUT2D eigenvalue weighted by Gasteiger charge is -2.25. The van der Waals surface area contributed by atoms with Crippen molar-refractivity contribution in [2.75, 3.05) is 46.4 Å². The van der Waals surface area contributed by atoms with E-state index in [9.17, 15) is 0 Å². The maximum absolute atomic E-state index is 5.30. The molecule has 0 atom stereocenters. The van der Waals surface area contributed by atoms with Gasteiger partial charge in [-0.25, -0.2) is 0 Å². The van der Waals surface area contributed by atoms with Gasteiger partial charge in [-0.15, -0.1) is 24.0 Å². The Balaban J connectivity index is 0. The number of likely N-dealkylation sites (N-methyl/N-ethyl adjacent to an activating group) is 1. The van der Waals surface area contributed by atoms with E-state index in [0.29, 0.717) is 6.04 Å². The number of hydrogen-bond donors (Lipinski definition) is 2. The molecule has 0 radical (unpaired) electrons. The Labute approximate surface area is 141 Å². The molecule has 0 saturated carbocycles. The second-order valence-corrected chi connectivity index (χ2v) is 4.70. The maximum atomic E-state index is 5.30. The highest BCUT2D eigenvalue weighted by atomic mass is 127. The molecule has 0 aromatic carbocycles. The normalized spacial score (nSPS) is 11.7. The zero-order chi connectivity index (χ0) is 14.5. The van der Waals surface area contributed by atoms with Crippen molar-refractivity contribution in [2.24, 2.45) is 4.99 Å². The van der Waals surface area contributed by atoms with Gasteiger partial charge in [-0.05, 0) is 33.7 Å². The van der Waals surface area contributed by atoms with E-state index in [1.165, 1.54) is 0 Å². The van der Waals surface area contributed by atoms with Crippen LogP contribution in [0.4, 0.5) is 0 Å². The fourth-order valence-electron chi connectivity index (χ4n) is 1.85. The summed E-state index contributed by atoms with van der Waals surface area (Å²) in [5, 5.41) is 6.63. The summed E-state index contributed by atoms with van der Waals surface area (Å²) in [5.74, 6) is 0.872. The van der Waals surface area contributed by atoms with Crippen molar-refractivity contribution < 1.29 is 4.74 Å². The summed E-state index contributed by atoms with van der Waals surface area (Å²) in [7, 11) is 1.80. The third-order valence-corrected chi connectivity index (χ3v) is 3.01. The molecular weight excluding hydrogens is 367 g/mol. The summed E-state index contributed by atoms with van der Waals surface area (Å²) < 4.78 is 5.30. The summed E-state index contributed by atoms with van der Waals surface area (Å²) >= 11 is 0. The predicted octanol–water partition coefficient (Wildman–Crippen LogP) is 1.93. The second-order valence-electron chi connectivity index (χ2n) is 4.70. The van der Waals surface area contributed by atoms with Gasteiger partial charge in [0.2, 0.25) is 0 Å². The molecule has 0 saturated heterocycles. The van der Waals surface area contributed by atoms with Gasteiger partial charge in [0.05, 0.1) is 0 Å². The van der Waals surface area contributed by atoms with Gasteiger partial charge < -0.3 is 15.4 Å². The van der Waals surface area contributed by atoms with E-state index in [0.717, 1.165) is 51.8 Å².